The number of ether oxygens (including phenoxy) is 2. The normalized spacial score (nSPS) is 19.1. The number of amides is 2. The molecular formula is C62H67ClFN9O8S. The number of phenolic OH excluding ortho intramolecular Hbond substituents is 1. The fraction of sp³-hybridized carbons (Fsp3) is 0.419. The van der Waals surface area contributed by atoms with Crippen molar-refractivity contribution in [1.29, 1.82) is 5.26 Å². The van der Waals surface area contributed by atoms with Gasteiger partial charge in [-0.2, -0.15) is 15.2 Å². The van der Waals surface area contributed by atoms with Gasteiger partial charge in [-0.15, -0.1) is 11.3 Å². The Bertz CT molecular complexity index is 3560. The average molecular weight is 1150 g/mol. The van der Waals surface area contributed by atoms with Crippen LogP contribution in [0.2, 0.25) is 5.02 Å². The number of aliphatic hydroxyl groups is 1. The molecule has 3 aliphatic heterocycles. The molecule has 10 rings (SSSR count). The highest BCUT2D eigenvalue weighted by Crippen LogP contribution is 2.43. The van der Waals surface area contributed by atoms with Gasteiger partial charge < -0.3 is 38.9 Å². The van der Waals surface area contributed by atoms with E-state index < -0.39 is 29.9 Å². The number of phenols is 1. The molecule has 2 N–H and O–H groups in total. The number of hydrogen-bond donors (Lipinski definition) is 2. The minimum absolute atomic E-state index is 0.0401. The van der Waals surface area contributed by atoms with E-state index in [1.807, 2.05) is 74.5 Å². The second kappa shape index (κ2) is 24.5. The van der Waals surface area contributed by atoms with Crippen LogP contribution in [0, 0.1) is 35.4 Å². The number of halogens is 2. The molecule has 3 saturated heterocycles. The summed E-state index contributed by atoms with van der Waals surface area (Å²) in [6.45, 7) is 17.0. The van der Waals surface area contributed by atoms with Crippen LogP contribution in [0.15, 0.2) is 95.5 Å². The Kier molecular flexibility index (Phi) is 17.3. The van der Waals surface area contributed by atoms with Crippen LogP contribution in [0.3, 0.4) is 0 Å². The summed E-state index contributed by atoms with van der Waals surface area (Å²) in [5, 5.41) is 37.3. The lowest BCUT2D eigenvalue weighted by Gasteiger charge is -2.41. The summed E-state index contributed by atoms with van der Waals surface area (Å²) < 4.78 is 35.7. The topological polar surface area (TPSA) is 212 Å². The van der Waals surface area contributed by atoms with Crippen LogP contribution in [0.25, 0.3) is 43.2 Å². The molecule has 0 aliphatic carbocycles. The number of likely N-dealkylation sites (tertiary alicyclic amines) is 2. The van der Waals surface area contributed by atoms with Crippen molar-refractivity contribution in [2.45, 2.75) is 96.7 Å². The third-order valence-electron chi connectivity index (χ3n) is 16.5. The smallest absolute Gasteiger partial charge is 0.319 e. The number of fused-ring (bicyclic) bond motifs is 2. The first-order valence-corrected chi connectivity index (χ1v) is 29.1. The van der Waals surface area contributed by atoms with Gasteiger partial charge in [-0.3, -0.25) is 19.3 Å². The van der Waals surface area contributed by atoms with Gasteiger partial charge >= 0.3 is 6.01 Å². The third kappa shape index (κ3) is 12.2. The molecule has 0 bridgehead atoms. The van der Waals surface area contributed by atoms with Crippen molar-refractivity contribution >= 4 is 68.0 Å². The van der Waals surface area contributed by atoms with Gasteiger partial charge in [0.15, 0.2) is 17.4 Å². The number of piperidine rings is 1. The van der Waals surface area contributed by atoms with Crippen LogP contribution in [0.5, 0.6) is 17.6 Å². The van der Waals surface area contributed by atoms with Crippen LogP contribution < -0.4 is 14.4 Å². The summed E-state index contributed by atoms with van der Waals surface area (Å²) in [5.74, 6) is -1.61. The number of thiazole rings is 1. The molecule has 82 heavy (non-hydrogen) atoms. The van der Waals surface area contributed by atoms with Crippen molar-refractivity contribution in [2.24, 2.45) is 11.3 Å². The first-order chi connectivity index (χ1) is 39.4. The van der Waals surface area contributed by atoms with Gasteiger partial charge in [0.1, 0.15) is 29.6 Å². The standard InChI is InChI=1S/C62H67ClFN9O8S/c1-7-53(77)72-23-22-71(32-42(72)16-19-65)59-47-30-48(63)55(46-28-43(74)27-41-10-8-9-11-45(41)46)56(64)57(47)67-61(68-59)79-25-24-70-20-17-62(6,18-21-70)34-80-52-31-51(81-69-52)54(36(2)3)60(78)73-33-44(75)29-49(73)50(76)26-37(4)39-12-14-40(15-13-39)58-38(5)66-35-82-58/h7-15,27-28,30-31,35-37,42,44,49,54,74-75H,1,16-18,20-26,29,32-34H2,2-6H3/t37-,42+,44-,49+,54+/m1/s1. The summed E-state index contributed by atoms with van der Waals surface area (Å²) in [6.07, 6.45) is 2.41. The number of aliphatic hydroxyl groups excluding tert-OH is 1. The molecule has 17 nitrogen and oxygen atoms in total. The van der Waals surface area contributed by atoms with Crippen molar-refractivity contribution in [3.63, 3.8) is 0 Å². The molecule has 7 aromatic rings. The molecule has 0 spiro atoms. The van der Waals surface area contributed by atoms with Crippen molar-refractivity contribution < 1.29 is 43.0 Å². The zero-order valence-corrected chi connectivity index (χ0v) is 48.3. The van der Waals surface area contributed by atoms with Crippen LogP contribution >= 0.6 is 22.9 Å². The molecule has 0 unspecified atom stereocenters. The molecule has 2 amide bonds. The maximum absolute atomic E-state index is 17.3. The van der Waals surface area contributed by atoms with E-state index in [9.17, 15) is 29.9 Å². The minimum atomic E-state index is -0.829. The number of Topliss-reactive ketones (excluding diaryl/α,β-unsaturated/α-hetero) is 1. The Morgan fingerprint density at radius 2 is 1.77 bits per heavy atom. The highest BCUT2D eigenvalue weighted by molar-refractivity contribution is 7.13. The van der Waals surface area contributed by atoms with E-state index >= 15 is 4.39 Å². The highest BCUT2D eigenvalue weighted by atomic mass is 35.5. The number of ketones is 1. The third-order valence-corrected chi connectivity index (χ3v) is 17.7. The number of carbonyl (C=O) groups excluding carboxylic acids is 3. The van der Waals surface area contributed by atoms with Gasteiger partial charge in [0.05, 0.1) is 58.4 Å². The summed E-state index contributed by atoms with van der Waals surface area (Å²) in [6, 6.07) is 22.7. The number of nitriles is 1. The Labute approximate surface area is 484 Å². The average Bonchev–Trinajstić information content (AvgIpc) is 3.19. The predicted octanol–water partition coefficient (Wildman–Crippen LogP) is 10.5. The summed E-state index contributed by atoms with van der Waals surface area (Å²) in [7, 11) is 0. The van der Waals surface area contributed by atoms with Crippen molar-refractivity contribution in [1.82, 2.24) is 34.8 Å². The van der Waals surface area contributed by atoms with Gasteiger partial charge in [0.25, 0.3) is 5.88 Å². The number of carbonyl (C=O) groups is 3. The van der Waals surface area contributed by atoms with Crippen molar-refractivity contribution in [3.05, 3.63) is 119 Å². The van der Waals surface area contributed by atoms with E-state index in [1.54, 1.807) is 34.4 Å². The second-order valence-electron chi connectivity index (χ2n) is 22.6. The first kappa shape index (κ1) is 57.7. The summed E-state index contributed by atoms with van der Waals surface area (Å²) >= 11 is 8.56. The maximum atomic E-state index is 17.3. The number of nitrogens with zero attached hydrogens (tertiary/aromatic N) is 9. The second-order valence-corrected chi connectivity index (χ2v) is 23.9. The van der Waals surface area contributed by atoms with E-state index in [-0.39, 0.29) is 114 Å². The summed E-state index contributed by atoms with van der Waals surface area (Å²) in [4.78, 5) is 63.4. The van der Waals surface area contributed by atoms with Crippen LogP contribution in [-0.4, -0.2) is 140 Å². The largest absolute Gasteiger partial charge is 0.508 e. The van der Waals surface area contributed by atoms with Gasteiger partial charge in [-0.25, -0.2) is 9.37 Å². The summed E-state index contributed by atoms with van der Waals surface area (Å²) in [5.41, 5.74) is 5.08. The van der Waals surface area contributed by atoms with E-state index in [2.05, 4.69) is 51.7 Å². The van der Waals surface area contributed by atoms with Gasteiger partial charge in [-0.1, -0.05) is 94.4 Å². The SMILES string of the molecule is C=CC(=O)N1CCN(c2nc(OCCN3CCC(C)(COc4cc([C@@H](C(=O)N5C[C@H](O)C[C@H]5C(=O)C[C@@H](C)c5ccc(-c6scnc6C)cc5)C(C)C)on4)CC3)nc3c(F)c(-c4cc(O)cc5ccccc45)c(Cl)cc23)C[C@@H]1CC#N. The van der Waals surface area contributed by atoms with Crippen LogP contribution in [-0.2, 0) is 14.4 Å². The maximum Gasteiger partial charge on any atom is 0.319 e. The van der Waals surface area contributed by atoms with E-state index in [0.29, 0.717) is 53.0 Å². The highest BCUT2D eigenvalue weighted by Gasteiger charge is 2.44. The molecule has 3 aliphatic rings. The number of benzene rings is 4. The molecule has 3 aromatic heterocycles. The number of β-amino-alcohol motifs (C(OH)–C–C–N with tert-alkyl or cyclic N) is 1. The predicted molar refractivity (Wildman–Crippen MR) is 313 cm³/mol. The number of rotatable bonds is 19. The monoisotopic (exact) mass is 1150 g/mol. The van der Waals surface area contributed by atoms with Crippen LogP contribution in [0.1, 0.15) is 88.7 Å². The molecule has 6 heterocycles. The van der Waals surface area contributed by atoms with Crippen molar-refractivity contribution in [2.75, 3.05) is 63.9 Å². The van der Waals surface area contributed by atoms with Gasteiger partial charge in [0, 0.05) is 68.0 Å². The number of aryl methyl sites for hydroxylation is 1. The molecule has 428 valence electrons. The molecule has 0 saturated carbocycles. The molecule has 3 fully saturated rings. The minimum Gasteiger partial charge on any atom is -0.508 e. The number of piperazine rings is 1. The van der Waals surface area contributed by atoms with Crippen LogP contribution in [0.4, 0.5) is 10.2 Å². The molecule has 5 atom stereocenters. The van der Waals surface area contributed by atoms with Gasteiger partial charge in [-0.05, 0) is 102 Å². The van der Waals surface area contributed by atoms with Gasteiger partial charge in [0.2, 0.25) is 11.8 Å². The fourth-order valence-corrected chi connectivity index (χ4v) is 12.9. The zero-order valence-electron chi connectivity index (χ0n) is 46.7. The molecule has 0 radical (unpaired) electrons. The Morgan fingerprint density at radius 3 is 2.49 bits per heavy atom. The number of hydrogen-bond acceptors (Lipinski definition) is 16. The molecular weight excluding hydrogens is 1090 g/mol. The van der Waals surface area contributed by atoms with E-state index in [0.717, 1.165) is 47.6 Å². The first-order valence-electron chi connectivity index (χ1n) is 27.9. The lowest BCUT2D eigenvalue weighted by Crippen LogP contribution is -2.55. The zero-order chi connectivity index (χ0) is 58.0. The lowest BCUT2D eigenvalue weighted by atomic mass is 9.81. The van der Waals surface area contributed by atoms with E-state index in [1.165, 1.54) is 17.0 Å². The Hall–Kier alpha value is -7.50. The molecule has 20 heteroatoms. The quantitative estimate of drug-likeness (QED) is 0.0721. The Morgan fingerprint density at radius 1 is 1.00 bits per heavy atom. The molecule has 4 aromatic carbocycles. The van der Waals surface area contributed by atoms with Crippen molar-refractivity contribution in [3.8, 4) is 45.3 Å². The van der Waals surface area contributed by atoms with E-state index in [4.69, 9.17) is 30.6 Å². The Balaban J connectivity index is 0.775. The fourth-order valence-electron chi connectivity index (χ4n) is 11.8. The number of anilines is 1. The number of aromatic hydroxyl groups is 1. The number of aromatic nitrogens is 4. The lowest BCUT2D eigenvalue weighted by molar-refractivity contribution is -0.140.